The average Bonchev–Trinajstić information content (AvgIpc) is 2.80. The van der Waals surface area contributed by atoms with Crippen LogP contribution < -0.4 is 20.1 Å². The van der Waals surface area contributed by atoms with Gasteiger partial charge < -0.3 is 24.8 Å². The minimum Gasteiger partial charge on any atom is -0.486 e. The van der Waals surface area contributed by atoms with Crippen LogP contribution in [0.25, 0.3) is 0 Å². The molecule has 0 saturated carbocycles. The number of carbonyl (C=O) groups is 1. The van der Waals surface area contributed by atoms with Crippen LogP contribution in [0.15, 0.2) is 47.4 Å². The summed E-state index contributed by atoms with van der Waals surface area (Å²) in [6.07, 6.45) is 0. The quantitative estimate of drug-likeness (QED) is 0.697. The van der Waals surface area contributed by atoms with Crippen LogP contribution in [0, 0.1) is 0 Å². The van der Waals surface area contributed by atoms with Gasteiger partial charge in [-0.25, -0.2) is 8.42 Å². The van der Waals surface area contributed by atoms with E-state index in [1.807, 2.05) is 6.07 Å². The van der Waals surface area contributed by atoms with E-state index < -0.39 is 16.1 Å². The van der Waals surface area contributed by atoms with Crippen molar-refractivity contribution in [3.63, 3.8) is 0 Å². The highest BCUT2D eigenvalue weighted by atomic mass is 32.2. The highest BCUT2D eigenvalue weighted by Gasteiger charge is 2.26. The van der Waals surface area contributed by atoms with Crippen LogP contribution >= 0.6 is 0 Å². The van der Waals surface area contributed by atoms with E-state index in [1.165, 1.54) is 16.4 Å². The first-order valence-corrected chi connectivity index (χ1v) is 11.5. The third-order valence-corrected chi connectivity index (χ3v) is 6.96. The Bertz CT molecular complexity index is 1040. The van der Waals surface area contributed by atoms with Gasteiger partial charge in [0.15, 0.2) is 11.5 Å². The van der Waals surface area contributed by atoms with Crippen molar-refractivity contribution in [1.82, 2.24) is 4.31 Å². The topological polar surface area (TPSA) is 106 Å². The number of hydrogen-bond acceptors (Lipinski definition) is 7. The zero-order chi connectivity index (χ0) is 21.8. The van der Waals surface area contributed by atoms with E-state index in [-0.39, 0.29) is 10.8 Å². The number of amides is 1. The molecule has 31 heavy (non-hydrogen) atoms. The van der Waals surface area contributed by atoms with E-state index in [4.69, 9.17) is 14.2 Å². The molecule has 2 N–H and O–H groups in total. The lowest BCUT2D eigenvalue weighted by Gasteiger charge is -2.26. The van der Waals surface area contributed by atoms with Crippen molar-refractivity contribution < 1.29 is 27.4 Å². The summed E-state index contributed by atoms with van der Waals surface area (Å²) in [5, 5.41) is 5.93. The molecule has 1 amide bonds. The predicted molar refractivity (Wildman–Crippen MR) is 115 cm³/mol. The standard InChI is InChI=1S/C21H25N3O6S/c1-15(22-17-4-7-19-20(14-17)30-13-12-29-19)21(25)23-16-2-5-18(6-3-16)31(26,27)24-8-10-28-11-9-24/h2-7,14-15,22H,8-13H2,1H3,(H,23,25). The van der Waals surface area contributed by atoms with Crippen LogP contribution in [0.2, 0.25) is 0 Å². The highest BCUT2D eigenvalue weighted by Crippen LogP contribution is 2.32. The van der Waals surface area contributed by atoms with Gasteiger partial charge in [-0.15, -0.1) is 0 Å². The molecule has 166 valence electrons. The zero-order valence-corrected chi connectivity index (χ0v) is 18.0. The van der Waals surface area contributed by atoms with E-state index in [9.17, 15) is 13.2 Å². The number of ether oxygens (including phenoxy) is 3. The van der Waals surface area contributed by atoms with Crippen LogP contribution in [-0.4, -0.2) is 64.2 Å². The van der Waals surface area contributed by atoms with Crippen molar-refractivity contribution in [2.24, 2.45) is 0 Å². The number of nitrogens with zero attached hydrogens (tertiary/aromatic N) is 1. The van der Waals surface area contributed by atoms with E-state index in [1.54, 1.807) is 31.2 Å². The lowest BCUT2D eigenvalue weighted by Crippen LogP contribution is -2.40. The molecule has 2 aliphatic rings. The molecule has 10 heteroatoms. The lowest BCUT2D eigenvalue weighted by molar-refractivity contribution is -0.116. The number of anilines is 2. The number of rotatable bonds is 6. The molecule has 2 heterocycles. The Morgan fingerprint density at radius 2 is 1.58 bits per heavy atom. The third kappa shape index (κ3) is 4.92. The second kappa shape index (κ2) is 9.13. The lowest BCUT2D eigenvalue weighted by atomic mass is 10.2. The fourth-order valence-corrected chi connectivity index (χ4v) is 4.75. The Morgan fingerprint density at radius 3 is 2.29 bits per heavy atom. The van der Waals surface area contributed by atoms with Crippen molar-refractivity contribution in [3.05, 3.63) is 42.5 Å². The molecule has 2 aromatic rings. The smallest absolute Gasteiger partial charge is 0.246 e. The normalized spacial score (nSPS) is 17.6. The summed E-state index contributed by atoms with van der Waals surface area (Å²) in [5.74, 6) is 1.07. The Balaban J connectivity index is 1.37. The van der Waals surface area contributed by atoms with Crippen LogP contribution in [0.3, 0.4) is 0 Å². The number of benzene rings is 2. The summed E-state index contributed by atoms with van der Waals surface area (Å²) in [7, 11) is -3.57. The van der Waals surface area contributed by atoms with E-state index in [0.29, 0.717) is 56.7 Å². The molecular formula is C21H25N3O6S. The minimum atomic E-state index is -3.57. The summed E-state index contributed by atoms with van der Waals surface area (Å²) >= 11 is 0. The van der Waals surface area contributed by atoms with Crippen molar-refractivity contribution in [3.8, 4) is 11.5 Å². The molecule has 4 rings (SSSR count). The van der Waals surface area contributed by atoms with Gasteiger partial charge in [0.1, 0.15) is 19.3 Å². The molecule has 2 aromatic carbocycles. The average molecular weight is 448 g/mol. The summed E-state index contributed by atoms with van der Waals surface area (Å²) in [5.41, 5.74) is 1.25. The number of morpholine rings is 1. The van der Waals surface area contributed by atoms with Gasteiger partial charge in [-0.05, 0) is 43.3 Å². The second-order valence-corrected chi connectivity index (χ2v) is 9.19. The number of sulfonamides is 1. The minimum absolute atomic E-state index is 0.190. The zero-order valence-electron chi connectivity index (χ0n) is 17.2. The number of carbonyl (C=O) groups excluding carboxylic acids is 1. The maximum absolute atomic E-state index is 12.7. The van der Waals surface area contributed by atoms with Gasteiger partial charge >= 0.3 is 0 Å². The summed E-state index contributed by atoms with van der Waals surface area (Å²) < 4.78 is 43.1. The Hall–Kier alpha value is -2.82. The van der Waals surface area contributed by atoms with Crippen LogP contribution in [0.5, 0.6) is 11.5 Å². The van der Waals surface area contributed by atoms with Gasteiger partial charge in [0, 0.05) is 30.5 Å². The number of nitrogens with one attached hydrogen (secondary N) is 2. The summed E-state index contributed by atoms with van der Waals surface area (Å²) in [6, 6.07) is 11.1. The number of hydrogen-bond donors (Lipinski definition) is 2. The third-order valence-electron chi connectivity index (χ3n) is 5.05. The Morgan fingerprint density at radius 1 is 0.935 bits per heavy atom. The van der Waals surface area contributed by atoms with Crippen LogP contribution in [0.4, 0.5) is 11.4 Å². The molecule has 0 aromatic heterocycles. The fourth-order valence-electron chi connectivity index (χ4n) is 3.35. The molecule has 2 aliphatic heterocycles. The van der Waals surface area contributed by atoms with Gasteiger partial charge in [0.05, 0.1) is 18.1 Å². The predicted octanol–water partition coefficient (Wildman–Crippen LogP) is 1.92. The van der Waals surface area contributed by atoms with Gasteiger partial charge in [0.25, 0.3) is 0 Å². The first-order chi connectivity index (χ1) is 14.9. The second-order valence-electron chi connectivity index (χ2n) is 7.25. The molecular weight excluding hydrogens is 422 g/mol. The molecule has 9 nitrogen and oxygen atoms in total. The SMILES string of the molecule is CC(Nc1ccc2c(c1)OCCO2)C(=O)Nc1ccc(S(=O)(=O)N2CCOCC2)cc1. The fraction of sp³-hybridized carbons (Fsp3) is 0.381. The molecule has 1 saturated heterocycles. The highest BCUT2D eigenvalue weighted by molar-refractivity contribution is 7.89. The van der Waals surface area contributed by atoms with E-state index in [2.05, 4.69) is 10.6 Å². The first kappa shape index (κ1) is 21.4. The molecule has 0 radical (unpaired) electrons. The van der Waals surface area contributed by atoms with Crippen LogP contribution in [0.1, 0.15) is 6.92 Å². The molecule has 1 fully saturated rings. The maximum atomic E-state index is 12.7. The van der Waals surface area contributed by atoms with Gasteiger partial charge in [-0.3, -0.25) is 4.79 Å². The van der Waals surface area contributed by atoms with Gasteiger partial charge in [0.2, 0.25) is 15.9 Å². The monoisotopic (exact) mass is 447 g/mol. The van der Waals surface area contributed by atoms with Crippen molar-refractivity contribution >= 4 is 27.3 Å². The van der Waals surface area contributed by atoms with Crippen molar-refractivity contribution in [2.75, 3.05) is 50.2 Å². The largest absolute Gasteiger partial charge is 0.486 e. The maximum Gasteiger partial charge on any atom is 0.246 e. The van der Waals surface area contributed by atoms with Gasteiger partial charge in [-0.1, -0.05) is 0 Å². The van der Waals surface area contributed by atoms with E-state index in [0.717, 1.165) is 5.69 Å². The number of fused-ring (bicyclic) bond motifs is 1. The van der Waals surface area contributed by atoms with Crippen molar-refractivity contribution in [1.29, 1.82) is 0 Å². The first-order valence-electron chi connectivity index (χ1n) is 10.1. The Kier molecular flexibility index (Phi) is 6.30. The van der Waals surface area contributed by atoms with E-state index >= 15 is 0 Å². The van der Waals surface area contributed by atoms with Crippen molar-refractivity contribution in [2.45, 2.75) is 17.9 Å². The van der Waals surface area contributed by atoms with Gasteiger partial charge in [-0.2, -0.15) is 4.31 Å². The molecule has 0 aliphatic carbocycles. The van der Waals surface area contributed by atoms with Crippen LogP contribution in [-0.2, 0) is 19.6 Å². The summed E-state index contributed by atoms with van der Waals surface area (Å²) in [4.78, 5) is 12.8. The Labute approximate surface area is 181 Å². The summed E-state index contributed by atoms with van der Waals surface area (Å²) in [6.45, 7) is 4.20. The molecule has 0 spiro atoms. The molecule has 1 atom stereocenters. The molecule has 0 bridgehead atoms. The molecule has 1 unspecified atom stereocenters.